The van der Waals surface area contributed by atoms with Gasteiger partial charge in [0.25, 0.3) is 0 Å². The maximum Gasteiger partial charge on any atom is 0.0541 e. The predicted molar refractivity (Wildman–Crippen MR) is 146 cm³/mol. The number of aromatic nitrogens is 3. The lowest BCUT2D eigenvalue weighted by Gasteiger charge is -2.29. The summed E-state index contributed by atoms with van der Waals surface area (Å²) in [6.07, 6.45) is 6.80. The van der Waals surface area contributed by atoms with Gasteiger partial charge < -0.3 is 10.3 Å². The molecule has 2 aromatic carbocycles. The molecule has 0 bridgehead atoms. The van der Waals surface area contributed by atoms with Crippen molar-refractivity contribution in [2.45, 2.75) is 39.0 Å². The summed E-state index contributed by atoms with van der Waals surface area (Å²) >= 11 is 0. The predicted octanol–water partition coefficient (Wildman–Crippen LogP) is 6.05. The summed E-state index contributed by atoms with van der Waals surface area (Å²) in [6.45, 7) is 5.70. The van der Waals surface area contributed by atoms with E-state index in [0.717, 1.165) is 44.0 Å². The molecule has 5 nitrogen and oxygen atoms in total. The Balaban J connectivity index is 1.31. The summed E-state index contributed by atoms with van der Waals surface area (Å²) in [5.74, 6) is 0. The maximum atomic E-state index is 4.56. The fourth-order valence-electron chi connectivity index (χ4n) is 4.76. The Hall–Kier alpha value is -3.80. The first-order chi connectivity index (χ1) is 17.8. The molecule has 0 radical (unpaired) electrons. The quantitative estimate of drug-likeness (QED) is 0.244. The van der Waals surface area contributed by atoms with Crippen molar-refractivity contribution in [3.63, 3.8) is 0 Å². The Kier molecular flexibility index (Phi) is 7.81. The van der Waals surface area contributed by atoms with E-state index in [9.17, 15) is 0 Å². The second-order valence-electron chi connectivity index (χ2n) is 9.25. The van der Waals surface area contributed by atoms with Crippen molar-refractivity contribution in [1.29, 1.82) is 0 Å². The van der Waals surface area contributed by atoms with E-state index in [2.05, 4.69) is 105 Å². The zero-order valence-electron chi connectivity index (χ0n) is 20.8. The molecule has 0 fully saturated rings. The van der Waals surface area contributed by atoms with E-state index < -0.39 is 0 Å². The Morgan fingerprint density at radius 1 is 0.806 bits per heavy atom. The lowest BCUT2D eigenvalue weighted by Crippen LogP contribution is -2.29. The average Bonchev–Trinajstić information content (AvgIpc) is 3.36. The molecule has 0 aliphatic heterocycles. The number of hydrogen-bond acceptors (Lipinski definition) is 4. The van der Waals surface area contributed by atoms with Gasteiger partial charge >= 0.3 is 0 Å². The van der Waals surface area contributed by atoms with E-state index in [-0.39, 0.29) is 6.04 Å². The van der Waals surface area contributed by atoms with Gasteiger partial charge in [0.1, 0.15) is 0 Å². The molecule has 5 aromatic rings. The minimum atomic E-state index is 0.260. The van der Waals surface area contributed by atoms with Crippen molar-refractivity contribution in [1.82, 2.24) is 25.2 Å². The molecule has 3 aromatic heterocycles. The smallest absolute Gasteiger partial charge is 0.0541 e. The number of hydrogen-bond donors (Lipinski definition) is 2. The van der Waals surface area contributed by atoms with Gasteiger partial charge in [-0.1, -0.05) is 54.6 Å². The van der Waals surface area contributed by atoms with Gasteiger partial charge in [-0.25, -0.2) is 0 Å². The minimum Gasteiger partial charge on any atom is -0.361 e. The summed E-state index contributed by atoms with van der Waals surface area (Å²) in [4.78, 5) is 15.0. The van der Waals surface area contributed by atoms with Gasteiger partial charge in [0.15, 0.2) is 0 Å². The molecular formula is C31H33N5. The van der Waals surface area contributed by atoms with Crippen LogP contribution in [0.2, 0.25) is 0 Å². The summed E-state index contributed by atoms with van der Waals surface area (Å²) < 4.78 is 0. The monoisotopic (exact) mass is 475 g/mol. The fourth-order valence-corrected chi connectivity index (χ4v) is 4.76. The van der Waals surface area contributed by atoms with Crippen molar-refractivity contribution >= 4 is 10.9 Å². The number of nitrogens with zero attached hydrogens (tertiary/aromatic N) is 3. The van der Waals surface area contributed by atoms with Crippen LogP contribution in [0.25, 0.3) is 10.9 Å². The highest BCUT2D eigenvalue weighted by molar-refractivity contribution is 5.83. The van der Waals surface area contributed by atoms with Crippen molar-refractivity contribution < 1.29 is 0 Å². The molecule has 5 rings (SSSR count). The molecule has 0 amide bonds. The summed E-state index contributed by atoms with van der Waals surface area (Å²) in [6, 6.07) is 29.9. The molecule has 5 heteroatoms. The van der Waals surface area contributed by atoms with E-state index in [4.69, 9.17) is 0 Å². The molecular weight excluding hydrogens is 442 g/mol. The van der Waals surface area contributed by atoms with Crippen LogP contribution in [0.5, 0.6) is 0 Å². The number of pyridine rings is 2. The van der Waals surface area contributed by atoms with Crippen LogP contribution in [-0.2, 0) is 26.1 Å². The topological polar surface area (TPSA) is 56.8 Å². The first kappa shape index (κ1) is 23.9. The third-order valence-electron chi connectivity index (χ3n) is 6.74. The highest BCUT2D eigenvalue weighted by Gasteiger charge is 2.19. The average molecular weight is 476 g/mol. The number of H-pyrrole nitrogens is 1. The van der Waals surface area contributed by atoms with E-state index in [1.54, 1.807) is 0 Å². The molecule has 0 aliphatic rings. The van der Waals surface area contributed by atoms with Crippen LogP contribution in [0.4, 0.5) is 0 Å². The van der Waals surface area contributed by atoms with Gasteiger partial charge in [-0.2, -0.15) is 0 Å². The fraction of sp³-hybridized carbons (Fsp3) is 0.226. The number of fused-ring (bicyclic) bond motifs is 1. The van der Waals surface area contributed by atoms with Gasteiger partial charge in [0.05, 0.1) is 5.69 Å². The first-order valence-electron chi connectivity index (χ1n) is 12.6. The van der Waals surface area contributed by atoms with Gasteiger partial charge in [-0.15, -0.1) is 0 Å². The van der Waals surface area contributed by atoms with Crippen LogP contribution in [0.15, 0.2) is 104 Å². The van der Waals surface area contributed by atoms with Crippen molar-refractivity contribution in [2.24, 2.45) is 0 Å². The van der Waals surface area contributed by atoms with Gasteiger partial charge in [-0.3, -0.25) is 14.9 Å². The van der Waals surface area contributed by atoms with Crippen molar-refractivity contribution in [2.75, 3.05) is 6.54 Å². The van der Waals surface area contributed by atoms with Crippen LogP contribution < -0.4 is 5.32 Å². The van der Waals surface area contributed by atoms with Crippen LogP contribution in [-0.4, -0.2) is 26.4 Å². The summed E-state index contributed by atoms with van der Waals surface area (Å²) in [5, 5.41) is 4.81. The SMILES string of the molecule is CC(c1c[nH]c2ccccc12)N(CCc1ccccn1)Cc1cccc(CNCc2ccccn2)c1. The molecule has 1 atom stereocenters. The highest BCUT2D eigenvalue weighted by Crippen LogP contribution is 2.29. The molecule has 3 heterocycles. The van der Waals surface area contributed by atoms with Crippen LogP contribution in [0.3, 0.4) is 0 Å². The van der Waals surface area contributed by atoms with E-state index in [0.29, 0.717) is 0 Å². The van der Waals surface area contributed by atoms with Crippen LogP contribution >= 0.6 is 0 Å². The van der Waals surface area contributed by atoms with Crippen molar-refractivity contribution in [3.05, 3.63) is 132 Å². The third-order valence-corrected chi connectivity index (χ3v) is 6.74. The van der Waals surface area contributed by atoms with E-state index in [1.165, 1.54) is 27.6 Å². The third kappa shape index (κ3) is 6.06. The van der Waals surface area contributed by atoms with Crippen LogP contribution in [0, 0.1) is 0 Å². The largest absolute Gasteiger partial charge is 0.361 e. The van der Waals surface area contributed by atoms with E-state index in [1.807, 2.05) is 30.6 Å². The zero-order chi connectivity index (χ0) is 24.6. The highest BCUT2D eigenvalue weighted by atomic mass is 15.1. The normalized spacial score (nSPS) is 12.3. The lowest BCUT2D eigenvalue weighted by molar-refractivity contribution is 0.204. The second kappa shape index (κ2) is 11.8. The Labute approximate surface area is 213 Å². The maximum absolute atomic E-state index is 4.56. The van der Waals surface area contributed by atoms with E-state index >= 15 is 0 Å². The molecule has 1 unspecified atom stereocenters. The zero-order valence-corrected chi connectivity index (χ0v) is 20.8. The molecule has 0 aliphatic carbocycles. The summed E-state index contributed by atoms with van der Waals surface area (Å²) in [5.41, 5.74) is 7.31. The summed E-state index contributed by atoms with van der Waals surface area (Å²) in [7, 11) is 0. The second-order valence-corrected chi connectivity index (χ2v) is 9.25. The number of benzene rings is 2. The molecule has 182 valence electrons. The number of para-hydroxylation sites is 1. The number of rotatable bonds is 11. The molecule has 36 heavy (non-hydrogen) atoms. The van der Waals surface area contributed by atoms with Gasteiger partial charge in [0, 0.05) is 73.8 Å². The van der Waals surface area contributed by atoms with Gasteiger partial charge in [-0.05, 0) is 53.9 Å². The standard InChI is InChI=1S/C31H33N5/c1-24(30-22-35-31-14-3-2-13-29(30)31)36(18-15-27-11-4-6-16-33-27)23-26-10-8-9-25(19-26)20-32-21-28-12-5-7-17-34-28/h2-14,16-17,19,22,24,32,35H,15,18,20-21,23H2,1H3. The Morgan fingerprint density at radius 3 is 2.36 bits per heavy atom. The molecule has 0 spiro atoms. The van der Waals surface area contributed by atoms with Crippen molar-refractivity contribution in [3.8, 4) is 0 Å². The molecule has 0 saturated carbocycles. The Bertz CT molecular complexity index is 1360. The number of nitrogens with one attached hydrogen (secondary N) is 2. The van der Waals surface area contributed by atoms with Crippen LogP contribution in [0.1, 0.15) is 41.0 Å². The first-order valence-corrected chi connectivity index (χ1v) is 12.6. The number of aromatic amines is 1. The molecule has 0 saturated heterocycles. The minimum absolute atomic E-state index is 0.260. The molecule has 2 N–H and O–H groups in total. The lowest BCUT2D eigenvalue weighted by atomic mass is 10.0. The van der Waals surface area contributed by atoms with Gasteiger partial charge in [0.2, 0.25) is 0 Å². The Morgan fingerprint density at radius 2 is 1.56 bits per heavy atom.